The van der Waals surface area contributed by atoms with Crippen LogP contribution in [0.5, 0.6) is 0 Å². The third-order valence-corrected chi connectivity index (χ3v) is 5.22. The van der Waals surface area contributed by atoms with Gasteiger partial charge in [0.1, 0.15) is 0 Å². The Morgan fingerprint density at radius 1 is 1.50 bits per heavy atom. The zero-order valence-corrected chi connectivity index (χ0v) is 12.1. The van der Waals surface area contributed by atoms with Gasteiger partial charge in [0.15, 0.2) is 0 Å². The van der Waals surface area contributed by atoms with Crippen LogP contribution in [0.2, 0.25) is 0 Å². The Hall–Kier alpha value is -0.380. The zero-order valence-electron chi connectivity index (χ0n) is 11.3. The maximum atomic E-state index is 3.72. The van der Waals surface area contributed by atoms with Gasteiger partial charge >= 0.3 is 0 Å². The largest absolute Gasteiger partial charge is 0.312 e. The summed E-state index contributed by atoms with van der Waals surface area (Å²) in [5.74, 6) is 0. The van der Waals surface area contributed by atoms with Crippen LogP contribution in [0.25, 0.3) is 0 Å². The molecule has 2 aliphatic rings. The molecule has 1 N–H and O–H groups in total. The average molecular weight is 264 g/mol. The van der Waals surface area contributed by atoms with Gasteiger partial charge < -0.3 is 5.32 Å². The first-order valence-corrected chi connectivity index (χ1v) is 8.27. The van der Waals surface area contributed by atoms with E-state index in [1.807, 2.05) is 11.3 Å². The molecule has 1 aromatic heterocycles. The number of rotatable bonds is 6. The third-order valence-electron chi connectivity index (χ3n) is 4.19. The van der Waals surface area contributed by atoms with Crippen LogP contribution in [-0.4, -0.2) is 30.1 Å². The Balaban J connectivity index is 1.59. The normalized spacial score (nSPS) is 21.8. The minimum Gasteiger partial charge on any atom is -0.312 e. The molecular weight excluding hydrogens is 240 g/mol. The van der Waals surface area contributed by atoms with E-state index < -0.39 is 0 Å². The molecule has 100 valence electrons. The lowest BCUT2D eigenvalue weighted by Gasteiger charge is -2.34. The van der Waals surface area contributed by atoms with Gasteiger partial charge in [0.2, 0.25) is 0 Å². The smallest absolute Gasteiger partial charge is 0.0248 e. The maximum Gasteiger partial charge on any atom is 0.0248 e. The SMILES string of the molecule is CCCC(CNC1CC1)N1CCc2sccc2C1. The van der Waals surface area contributed by atoms with Crippen LogP contribution in [0.3, 0.4) is 0 Å². The number of thiophene rings is 1. The van der Waals surface area contributed by atoms with Gasteiger partial charge in [-0.3, -0.25) is 4.90 Å². The fraction of sp³-hybridized carbons (Fsp3) is 0.733. The van der Waals surface area contributed by atoms with Crippen molar-refractivity contribution in [2.24, 2.45) is 0 Å². The second-order valence-electron chi connectivity index (χ2n) is 5.71. The maximum absolute atomic E-state index is 3.72. The van der Waals surface area contributed by atoms with Crippen LogP contribution in [0.1, 0.15) is 43.0 Å². The highest BCUT2D eigenvalue weighted by Gasteiger charge is 2.26. The van der Waals surface area contributed by atoms with E-state index in [0.29, 0.717) is 0 Å². The highest BCUT2D eigenvalue weighted by molar-refractivity contribution is 7.10. The predicted molar refractivity (Wildman–Crippen MR) is 78.2 cm³/mol. The van der Waals surface area contributed by atoms with E-state index in [0.717, 1.165) is 12.1 Å². The van der Waals surface area contributed by atoms with Crippen molar-refractivity contribution in [3.63, 3.8) is 0 Å². The molecule has 1 unspecified atom stereocenters. The lowest BCUT2D eigenvalue weighted by atomic mass is 10.0. The number of nitrogens with zero attached hydrogens (tertiary/aromatic N) is 1. The lowest BCUT2D eigenvalue weighted by Crippen LogP contribution is -2.44. The molecule has 0 amide bonds. The van der Waals surface area contributed by atoms with Gasteiger partial charge in [-0.2, -0.15) is 0 Å². The number of hydrogen-bond acceptors (Lipinski definition) is 3. The Morgan fingerprint density at radius 2 is 2.39 bits per heavy atom. The molecular formula is C15H24N2S. The van der Waals surface area contributed by atoms with Crippen LogP contribution in [-0.2, 0) is 13.0 Å². The summed E-state index contributed by atoms with van der Waals surface area (Å²) in [6, 6.07) is 3.90. The van der Waals surface area contributed by atoms with E-state index in [2.05, 4.69) is 28.6 Å². The lowest BCUT2D eigenvalue weighted by molar-refractivity contribution is 0.165. The van der Waals surface area contributed by atoms with E-state index in [1.54, 1.807) is 10.4 Å². The van der Waals surface area contributed by atoms with Gasteiger partial charge in [-0.05, 0) is 42.7 Å². The van der Waals surface area contributed by atoms with Crippen molar-refractivity contribution in [1.29, 1.82) is 0 Å². The standard InChI is InChI=1S/C15H24N2S/c1-2-3-14(10-16-13-4-5-13)17-8-6-15-12(11-17)7-9-18-15/h7,9,13-14,16H,2-6,8,10-11H2,1H3. The Morgan fingerprint density at radius 3 is 3.17 bits per heavy atom. The summed E-state index contributed by atoms with van der Waals surface area (Å²) in [6.07, 6.45) is 6.68. The van der Waals surface area contributed by atoms with Crippen molar-refractivity contribution < 1.29 is 0 Å². The highest BCUT2D eigenvalue weighted by atomic mass is 32.1. The summed E-state index contributed by atoms with van der Waals surface area (Å²) in [5.41, 5.74) is 1.58. The van der Waals surface area contributed by atoms with Crippen molar-refractivity contribution in [1.82, 2.24) is 10.2 Å². The molecule has 2 nitrogen and oxygen atoms in total. The quantitative estimate of drug-likeness (QED) is 0.849. The average Bonchev–Trinajstić information content (AvgIpc) is 3.10. The molecule has 1 aliphatic carbocycles. The summed E-state index contributed by atoms with van der Waals surface area (Å²) in [7, 11) is 0. The Kier molecular flexibility index (Phi) is 4.02. The van der Waals surface area contributed by atoms with Crippen LogP contribution in [0.4, 0.5) is 0 Å². The third kappa shape index (κ3) is 2.95. The summed E-state index contributed by atoms with van der Waals surface area (Å²) in [6.45, 7) is 5.93. The van der Waals surface area contributed by atoms with Gasteiger partial charge in [0, 0.05) is 36.6 Å². The zero-order chi connectivity index (χ0) is 12.4. The summed E-state index contributed by atoms with van der Waals surface area (Å²) in [4.78, 5) is 4.32. The minimum atomic E-state index is 0.739. The molecule has 0 bridgehead atoms. The van der Waals surface area contributed by atoms with Crippen LogP contribution >= 0.6 is 11.3 Å². The van der Waals surface area contributed by atoms with E-state index in [1.165, 1.54) is 51.7 Å². The van der Waals surface area contributed by atoms with E-state index in [4.69, 9.17) is 0 Å². The van der Waals surface area contributed by atoms with Gasteiger partial charge in [-0.25, -0.2) is 0 Å². The molecule has 1 atom stereocenters. The molecule has 1 fully saturated rings. The molecule has 0 aromatic carbocycles. The molecule has 18 heavy (non-hydrogen) atoms. The monoisotopic (exact) mass is 264 g/mol. The molecule has 0 radical (unpaired) electrons. The van der Waals surface area contributed by atoms with Gasteiger partial charge in [0.25, 0.3) is 0 Å². The van der Waals surface area contributed by atoms with Crippen molar-refractivity contribution in [2.45, 2.75) is 57.7 Å². The predicted octanol–water partition coefficient (Wildman–Crippen LogP) is 3.03. The molecule has 1 aliphatic heterocycles. The first-order valence-electron chi connectivity index (χ1n) is 7.39. The fourth-order valence-corrected chi connectivity index (χ4v) is 3.81. The molecule has 2 heterocycles. The summed E-state index contributed by atoms with van der Waals surface area (Å²) >= 11 is 1.94. The first kappa shape index (κ1) is 12.6. The number of fused-ring (bicyclic) bond motifs is 1. The second-order valence-corrected chi connectivity index (χ2v) is 6.72. The van der Waals surface area contributed by atoms with Crippen LogP contribution in [0.15, 0.2) is 11.4 Å². The summed E-state index contributed by atoms with van der Waals surface area (Å²) in [5, 5.41) is 5.97. The molecule has 0 spiro atoms. The van der Waals surface area contributed by atoms with E-state index in [9.17, 15) is 0 Å². The van der Waals surface area contributed by atoms with Gasteiger partial charge in [-0.15, -0.1) is 11.3 Å². The fourth-order valence-electron chi connectivity index (χ4n) is 2.92. The van der Waals surface area contributed by atoms with Crippen molar-refractivity contribution in [2.75, 3.05) is 13.1 Å². The summed E-state index contributed by atoms with van der Waals surface area (Å²) < 4.78 is 0. The molecule has 1 aromatic rings. The second kappa shape index (κ2) is 5.72. The van der Waals surface area contributed by atoms with Gasteiger partial charge in [0.05, 0.1) is 0 Å². The van der Waals surface area contributed by atoms with E-state index >= 15 is 0 Å². The van der Waals surface area contributed by atoms with Crippen LogP contribution < -0.4 is 5.32 Å². The topological polar surface area (TPSA) is 15.3 Å². The highest BCUT2D eigenvalue weighted by Crippen LogP contribution is 2.26. The van der Waals surface area contributed by atoms with Crippen molar-refractivity contribution >= 4 is 11.3 Å². The van der Waals surface area contributed by atoms with E-state index in [-0.39, 0.29) is 0 Å². The van der Waals surface area contributed by atoms with Crippen LogP contribution in [0, 0.1) is 0 Å². The van der Waals surface area contributed by atoms with Crippen molar-refractivity contribution in [3.8, 4) is 0 Å². The molecule has 3 rings (SSSR count). The number of nitrogens with one attached hydrogen (secondary N) is 1. The first-order chi connectivity index (χ1) is 8.86. The Bertz CT molecular complexity index is 384. The molecule has 3 heteroatoms. The number of hydrogen-bond donors (Lipinski definition) is 1. The molecule has 0 saturated heterocycles. The minimum absolute atomic E-state index is 0.739. The molecule has 1 saturated carbocycles. The van der Waals surface area contributed by atoms with Gasteiger partial charge in [-0.1, -0.05) is 13.3 Å². The van der Waals surface area contributed by atoms with Crippen molar-refractivity contribution in [3.05, 3.63) is 21.9 Å². The Labute approximate surface area is 114 Å².